The molecule has 1 amide bonds. The van der Waals surface area contributed by atoms with Crippen LogP contribution in [0.3, 0.4) is 0 Å². The summed E-state index contributed by atoms with van der Waals surface area (Å²) in [4.78, 5) is 12.2. The Kier molecular flexibility index (Phi) is 4.69. The number of rotatable bonds is 5. The van der Waals surface area contributed by atoms with Crippen LogP contribution in [0.25, 0.3) is 11.1 Å². The molecule has 3 nitrogen and oxygen atoms in total. The Morgan fingerprint density at radius 3 is 2.09 bits per heavy atom. The summed E-state index contributed by atoms with van der Waals surface area (Å²) in [5.41, 5.74) is 3.85. The zero-order valence-corrected chi connectivity index (χ0v) is 12.7. The predicted octanol–water partition coefficient (Wildman–Crippen LogP) is 4.40. The Morgan fingerprint density at radius 1 is 0.739 bits per heavy atom. The number of amides is 1. The molecule has 0 bridgehead atoms. The number of hydrogen-bond acceptors (Lipinski definition) is 2. The Hall–Kier alpha value is -3.07. The molecule has 0 aromatic heterocycles. The highest BCUT2D eigenvalue weighted by Gasteiger charge is 2.07. The maximum absolute atomic E-state index is 12.2. The topological polar surface area (TPSA) is 41.1 Å². The molecule has 0 aliphatic rings. The maximum atomic E-state index is 12.2. The van der Waals surface area contributed by atoms with E-state index in [0.717, 1.165) is 22.5 Å². The number of carbonyl (C=O) groups excluding carboxylic acids is 1. The molecule has 0 aliphatic heterocycles. The smallest absolute Gasteiger partial charge is 0.243 e. The third kappa shape index (κ3) is 3.98. The van der Waals surface area contributed by atoms with Crippen LogP contribution in [0.5, 0.6) is 0 Å². The van der Waals surface area contributed by atoms with Crippen molar-refractivity contribution in [1.29, 1.82) is 0 Å². The van der Waals surface area contributed by atoms with Gasteiger partial charge in [0.2, 0.25) is 5.91 Å². The molecule has 0 atom stereocenters. The van der Waals surface area contributed by atoms with E-state index in [9.17, 15) is 4.79 Å². The van der Waals surface area contributed by atoms with Crippen molar-refractivity contribution >= 4 is 17.3 Å². The second kappa shape index (κ2) is 7.27. The van der Waals surface area contributed by atoms with Gasteiger partial charge in [0.25, 0.3) is 0 Å². The van der Waals surface area contributed by atoms with Gasteiger partial charge in [0.05, 0.1) is 6.54 Å². The van der Waals surface area contributed by atoms with Gasteiger partial charge in [0.15, 0.2) is 0 Å². The fourth-order valence-corrected chi connectivity index (χ4v) is 2.39. The summed E-state index contributed by atoms with van der Waals surface area (Å²) in [6, 6.07) is 27.5. The zero-order chi connectivity index (χ0) is 15.9. The van der Waals surface area contributed by atoms with E-state index < -0.39 is 0 Å². The van der Waals surface area contributed by atoms with Crippen molar-refractivity contribution in [2.75, 3.05) is 17.2 Å². The van der Waals surface area contributed by atoms with Crippen LogP contribution in [-0.4, -0.2) is 12.5 Å². The van der Waals surface area contributed by atoms with Gasteiger partial charge in [-0.25, -0.2) is 0 Å². The molecule has 23 heavy (non-hydrogen) atoms. The summed E-state index contributed by atoms with van der Waals surface area (Å²) >= 11 is 0. The molecule has 2 N–H and O–H groups in total. The van der Waals surface area contributed by atoms with Crippen LogP contribution in [0.2, 0.25) is 0 Å². The summed E-state index contributed by atoms with van der Waals surface area (Å²) in [5.74, 6) is -0.0720. The average Bonchev–Trinajstić information content (AvgIpc) is 2.62. The molecule has 0 fully saturated rings. The standard InChI is InChI=1S/C20H18N2O/c23-20(15-21-17-11-5-2-6-12-17)22-19-14-8-7-13-18(19)16-9-3-1-4-10-16/h1-14,21H,15H2,(H,22,23). The van der Waals surface area contributed by atoms with Crippen molar-refractivity contribution in [3.8, 4) is 11.1 Å². The van der Waals surface area contributed by atoms with Gasteiger partial charge < -0.3 is 10.6 Å². The molecule has 3 aromatic carbocycles. The lowest BCUT2D eigenvalue weighted by atomic mass is 10.0. The number of para-hydroxylation sites is 2. The van der Waals surface area contributed by atoms with E-state index >= 15 is 0 Å². The van der Waals surface area contributed by atoms with Crippen LogP contribution >= 0.6 is 0 Å². The zero-order valence-electron chi connectivity index (χ0n) is 12.7. The molecule has 0 saturated carbocycles. The summed E-state index contributed by atoms with van der Waals surface area (Å²) in [6.07, 6.45) is 0. The lowest BCUT2D eigenvalue weighted by molar-refractivity contribution is -0.114. The van der Waals surface area contributed by atoms with Gasteiger partial charge in [-0.1, -0.05) is 66.7 Å². The summed E-state index contributed by atoms with van der Waals surface area (Å²) in [6.45, 7) is 0.229. The van der Waals surface area contributed by atoms with E-state index in [1.807, 2.05) is 84.9 Å². The van der Waals surface area contributed by atoms with E-state index in [4.69, 9.17) is 0 Å². The Labute approximate surface area is 136 Å². The second-order valence-electron chi connectivity index (χ2n) is 5.18. The SMILES string of the molecule is O=C(CNc1ccccc1)Nc1ccccc1-c1ccccc1. The van der Waals surface area contributed by atoms with E-state index in [-0.39, 0.29) is 12.5 Å². The number of hydrogen-bond donors (Lipinski definition) is 2. The van der Waals surface area contributed by atoms with Crippen molar-refractivity contribution in [2.45, 2.75) is 0 Å². The Bertz CT molecular complexity index is 770. The molecule has 3 rings (SSSR count). The van der Waals surface area contributed by atoms with Crippen molar-refractivity contribution < 1.29 is 4.79 Å². The Morgan fingerprint density at radius 2 is 1.35 bits per heavy atom. The number of carbonyl (C=O) groups is 1. The van der Waals surface area contributed by atoms with E-state index in [1.54, 1.807) is 0 Å². The first kappa shape index (κ1) is 14.9. The molecule has 0 spiro atoms. The normalized spacial score (nSPS) is 10.1. The van der Waals surface area contributed by atoms with Gasteiger partial charge >= 0.3 is 0 Å². The van der Waals surface area contributed by atoms with E-state index in [0.29, 0.717) is 0 Å². The fraction of sp³-hybridized carbons (Fsp3) is 0.0500. The first-order chi connectivity index (χ1) is 11.3. The van der Waals surface area contributed by atoms with Gasteiger partial charge in [0, 0.05) is 16.9 Å². The van der Waals surface area contributed by atoms with Crippen LogP contribution in [0.1, 0.15) is 0 Å². The molecule has 0 heterocycles. The molecular weight excluding hydrogens is 284 g/mol. The van der Waals surface area contributed by atoms with E-state index in [1.165, 1.54) is 0 Å². The van der Waals surface area contributed by atoms with Gasteiger partial charge in [-0.3, -0.25) is 4.79 Å². The molecule has 0 radical (unpaired) electrons. The van der Waals surface area contributed by atoms with Gasteiger partial charge in [-0.2, -0.15) is 0 Å². The van der Waals surface area contributed by atoms with Crippen LogP contribution in [0, 0.1) is 0 Å². The van der Waals surface area contributed by atoms with Crippen LogP contribution in [0.15, 0.2) is 84.9 Å². The molecule has 114 valence electrons. The minimum atomic E-state index is -0.0720. The summed E-state index contributed by atoms with van der Waals surface area (Å²) < 4.78 is 0. The number of nitrogens with one attached hydrogen (secondary N) is 2. The minimum absolute atomic E-state index is 0.0720. The van der Waals surface area contributed by atoms with E-state index in [2.05, 4.69) is 10.6 Å². The van der Waals surface area contributed by atoms with Crippen molar-refractivity contribution in [3.63, 3.8) is 0 Å². The summed E-state index contributed by atoms with van der Waals surface area (Å²) in [7, 11) is 0. The molecule has 3 aromatic rings. The minimum Gasteiger partial charge on any atom is -0.376 e. The van der Waals surface area contributed by atoms with Gasteiger partial charge in [0.1, 0.15) is 0 Å². The number of anilines is 2. The first-order valence-corrected chi connectivity index (χ1v) is 7.56. The van der Waals surface area contributed by atoms with Crippen molar-refractivity contribution in [1.82, 2.24) is 0 Å². The molecule has 0 unspecified atom stereocenters. The van der Waals surface area contributed by atoms with Crippen LogP contribution in [0.4, 0.5) is 11.4 Å². The van der Waals surface area contributed by atoms with Crippen LogP contribution in [-0.2, 0) is 4.79 Å². The van der Waals surface area contributed by atoms with Crippen molar-refractivity contribution in [3.05, 3.63) is 84.9 Å². The largest absolute Gasteiger partial charge is 0.376 e. The molecule has 0 aliphatic carbocycles. The number of benzene rings is 3. The third-order valence-electron chi connectivity index (χ3n) is 3.51. The lowest BCUT2D eigenvalue weighted by Gasteiger charge is -2.12. The predicted molar refractivity (Wildman–Crippen MR) is 95.4 cm³/mol. The lowest BCUT2D eigenvalue weighted by Crippen LogP contribution is -2.22. The monoisotopic (exact) mass is 302 g/mol. The van der Waals surface area contributed by atoms with Gasteiger partial charge in [-0.15, -0.1) is 0 Å². The van der Waals surface area contributed by atoms with Crippen LogP contribution < -0.4 is 10.6 Å². The second-order valence-corrected chi connectivity index (χ2v) is 5.18. The average molecular weight is 302 g/mol. The molecule has 3 heteroatoms. The highest BCUT2D eigenvalue weighted by atomic mass is 16.1. The highest BCUT2D eigenvalue weighted by molar-refractivity contribution is 5.97. The molecule has 0 saturated heterocycles. The quantitative estimate of drug-likeness (QED) is 0.733. The maximum Gasteiger partial charge on any atom is 0.243 e. The van der Waals surface area contributed by atoms with Gasteiger partial charge in [-0.05, 0) is 23.8 Å². The Balaban J connectivity index is 1.69. The highest BCUT2D eigenvalue weighted by Crippen LogP contribution is 2.27. The summed E-state index contributed by atoms with van der Waals surface area (Å²) in [5, 5.41) is 6.09. The fourth-order valence-electron chi connectivity index (χ4n) is 2.39. The third-order valence-corrected chi connectivity index (χ3v) is 3.51. The van der Waals surface area contributed by atoms with Crippen molar-refractivity contribution in [2.24, 2.45) is 0 Å². The molecular formula is C20H18N2O. The first-order valence-electron chi connectivity index (χ1n) is 7.56.